The van der Waals surface area contributed by atoms with E-state index in [4.69, 9.17) is 0 Å². The summed E-state index contributed by atoms with van der Waals surface area (Å²) in [7, 11) is -3.85. The maximum atomic E-state index is 13.2. The molecule has 5 nitrogen and oxygen atoms in total. The van der Waals surface area contributed by atoms with Crippen LogP contribution in [0.4, 0.5) is 5.69 Å². The van der Waals surface area contributed by atoms with Crippen LogP contribution in [0.1, 0.15) is 25.3 Å². The van der Waals surface area contributed by atoms with E-state index in [2.05, 4.69) is 17.1 Å². The summed E-state index contributed by atoms with van der Waals surface area (Å²) in [6.45, 7) is 3.71. The summed E-state index contributed by atoms with van der Waals surface area (Å²) in [4.78, 5) is 15.2. The summed E-state index contributed by atoms with van der Waals surface area (Å²) in [5.41, 5.74) is 1.75. The van der Waals surface area contributed by atoms with Gasteiger partial charge in [-0.2, -0.15) is 0 Å². The van der Waals surface area contributed by atoms with Gasteiger partial charge in [0.15, 0.2) is 4.91 Å². The van der Waals surface area contributed by atoms with Crippen molar-refractivity contribution in [3.63, 3.8) is 0 Å². The van der Waals surface area contributed by atoms with Crippen LogP contribution in [0.5, 0.6) is 0 Å². The first-order valence-corrected chi connectivity index (χ1v) is 10.7. The van der Waals surface area contributed by atoms with Crippen molar-refractivity contribution in [2.45, 2.75) is 24.7 Å². The highest BCUT2D eigenvalue weighted by Crippen LogP contribution is 2.42. The van der Waals surface area contributed by atoms with Gasteiger partial charge in [0, 0.05) is 24.3 Å². The third kappa shape index (κ3) is 3.14. The molecule has 0 aliphatic carbocycles. The fraction of sp³-hybridized carbons (Fsp3) is 0.286. The lowest BCUT2D eigenvalue weighted by Gasteiger charge is -2.33. The Labute approximate surface area is 159 Å². The van der Waals surface area contributed by atoms with Gasteiger partial charge in [-0.1, -0.05) is 43.3 Å². The van der Waals surface area contributed by atoms with E-state index in [-0.39, 0.29) is 9.80 Å². The van der Waals surface area contributed by atoms with Crippen LogP contribution in [0.2, 0.25) is 0 Å². The highest BCUT2D eigenvalue weighted by atomic mass is 32.2. The van der Waals surface area contributed by atoms with Gasteiger partial charge in [-0.05, 0) is 37.0 Å². The lowest BCUT2D eigenvalue weighted by atomic mass is 9.97. The highest BCUT2D eigenvalue weighted by molar-refractivity contribution is 7.97. The lowest BCUT2D eigenvalue weighted by molar-refractivity contribution is -0.112. The molecule has 0 bridgehead atoms. The third-order valence-electron chi connectivity index (χ3n) is 5.25. The van der Waals surface area contributed by atoms with Crippen LogP contribution in [-0.4, -0.2) is 32.3 Å². The molecule has 2 aliphatic heterocycles. The van der Waals surface area contributed by atoms with Crippen LogP contribution in [0, 0.1) is 5.92 Å². The standard InChI is InChI=1S/C21H22N2O3S/c1-15-11-13-23(14-12-15)19-17-9-5-6-10-18(17)27(25,26)20(19)21(24)22-16-7-3-2-4-8-16/h2-10,15H,11-14H2,1H3,(H,22,24). The molecule has 2 aliphatic rings. The molecule has 0 atom stereocenters. The van der Waals surface area contributed by atoms with E-state index in [0.717, 1.165) is 25.9 Å². The van der Waals surface area contributed by atoms with Gasteiger partial charge in [-0.3, -0.25) is 4.79 Å². The number of piperidine rings is 1. The van der Waals surface area contributed by atoms with Gasteiger partial charge in [0.05, 0.1) is 10.6 Å². The van der Waals surface area contributed by atoms with Crippen molar-refractivity contribution in [1.82, 2.24) is 4.90 Å². The zero-order valence-electron chi connectivity index (χ0n) is 15.2. The molecule has 0 saturated carbocycles. The van der Waals surface area contributed by atoms with Gasteiger partial charge in [-0.15, -0.1) is 0 Å². The molecule has 1 fully saturated rings. The number of nitrogens with zero attached hydrogens (tertiary/aromatic N) is 1. The van der Waals surface area contributed by atoms with E-state index in [0.29, 0.717) is 22.9 Å². The number of rotatable bonds is 3. The molecule has 4 rings (SSSR count). The summed E-state index contributed by atoms with van der Waals surface area (Å²) in [6, 6.07) is 15.8. The average molecular weight is 382 g/mol. The Kier molecular flexibility index (Phi) is 4.52. The van der Waals surface area contributed by atoms with Gasteiger partial charge in [-0.25, -0.2) is 8.42 Å². The number of anilines is 1. The molecule has 1 saturated heterocycles. The molecule has 6 heteroatoms. The molecule has 0 aromatic heterocycles. The molecule has 2 heterocycles. The Bertz CT molecular complexity index is 1000. The summed E-state index contributed by atoms with van der Waals surface area (Å²) in [5, 5.41) is 2.75. The summed E-state index contributed by atoms with van der Waals surface area (Å²) in [5.74, 6) is 0.0303. The Morgan fingerprint density at radius 1 is 1.00 bits per heavy atom. The molecule has 2 aromatic rings. The van der Waals surface area contributed by atoms with Gasteiger partial charge in [0.2, 0.25) is 9.84 Å². The van der Waals surface area contributed by atoms with Crippen LogP contribution < -0.4 is 5.32 Å². The Balaban J connectivity index is 1.81. The quantitative estimate of drug-likeness (QED) is 0.882. The molecule has 0 unspecified atom stereocenters. The van der Waals surface area contributed by atoms with Crippen molar-refractivity contribution in [2.24, 2.45) is 5.92 Å². The van der Waals surface area contributed by atoms with Crippen LogP contribution in [0.15, 0.2) is 64.4 Å². The van der Waals surface area contributed by atoms with Crippen molar-refractivity contribution in [2.75, 3.05) is 18.4 Å². The normalized spacial score (nSPS) is 19.1. The van der Waals surface area contributed by atoms with Crippen molar-refractivity contribution in [3.8, 4) is 0 Å². The van der Waals surface area contributed by atoms with Crippen LogP contribution in [-0.2, 0) is 14.6 Å². The van der Waals surface area contributed by atoms with E-state index < -0.39 is 15.7 Å². The van der Waals surface area contributed by atoms with Crippen molar-refractivity contribution >= 4 is 27.1 Å². The van der Waals surface area contributed by atoms with E-state index in [1.54, 1.807) is 42.5 Å². The Morgan fingerprint density at radius 3 is 2.33 bits per heavy atom. The smallest absolute Gasteiger partial charge is 0.269 e. The number of sulfone groups is 1. The average Bonchev–Trinajstić information content (AvgIpc) is 2.91. The molecular weight excluding hydrogens is 360 g/mol. The second-order valence-electron chi connectivity index (χ2n) is 7.17. The first-order chi connectivity index (χ1) is 13.0. The first kappa shape index (κ1) is 17.8. The molecule has 27 heavy (non-hydrogen) atoms. The number of amides is 1. The summed E-state index contributed by atoms with van der Waals surface area (Å²) < 4.78 is 26.4. The first-order valence-electron chi connectivity index (χ1n) is 9.18. The number of fused-ring (bicyclic) bond motifs is 1. The van der Waals surface area contributed by atoms with Crippen molar-refractivity contribution in [1.29, 1.82) is 0 Å². The number of para-hydroxylation sites is 1. The molecule has 140 valence electrons. The fourth-order valence-corrected chi connectivity index (χ4v) is 5.46. The number of hydrogen-bond acceptors (Lipinski definition) is 4. The molecule has 0 radical (unpaired) electrons. The Hall–Kier alpha value is -2.60. The SMILES string of the molecule is CC1CCN(C2=C(C(=O)Nc3ccccc3)S(=O)(=O)c3ccccc32)CC1. The fourth-order valence-electron chi connectivity index (χ4n) is 3.74. The van der Waals surface area contributed by atoms with E-state index in [1.807, 2.05) is 12.1 Å². The number of likely N-dealkylation sites (tertiary alicyclic amines) is 1. The molecule has 1 amide bonds. The Morgan fingerprint density at radius 2 is 1.63 bits per heavy atom. The van der Waals surface area contributed by atoms with Crippen LogP contribution in [0.3, 0.4) is 0 Å². The van der Waals surface area contributed by atoms with Gasteiger partial charge in [0.1, 0.15) is 0 Å². The lowest BCUT2D eigenvalue weighted by Crippen LogP contribution is -2.33. The summed E-state index contributed by atoms with van der Waals surface area (Å²) in [6.07, 6.45) is 1.97. The minimum absolute atomic E-state index is 0.137. The summed E-state index contributed by atoms with van der Waals surface area (Å²) >= 11 is 0. The maximum Gasteiger partial charge on any atom is 0.269 e. The van der Waals surface area contributed by atoms with Gasteiger partial charge in [0.25, 0.3) is 5.91 Å². The zero-order valence-corrected chi connectivity index (χ0v) is 16.0. The van der Waals surface area contributed by atoms with E-state index >= 15 is 0 Å². The largest absolute Gasteiger partial charge is 0.370 e. The second kappa shape index (κ2) is 6.85. The number of hydrogen-bond donors (Lipinski definition) is 1. The predicted octanol–water partition coefficient (Wildman–Crippen LogP) is 3.51. The highest BCUT2D eigenvalue weighted by Gasteiger charge is 2.42. The number of benzene rings is 2. The van der Waals surface area contributed by atoms with Crippen LogP contribution >= 0.6 is 0 Å². The van der Waals surface area contributed by atoms with E-state index in [1.165, 1.54) is 0 Å². The molecular formula is C21H22N2O3S. The number of carbonyl (C=O) groups is 1. The van der Waals surface area contributed by atoms with Gasteiger partial charge >= 0.3 is 0 Å². The molecule has 2 aromatic carbocycles. The van der Waals surface area contributed by atoms with E-state index in [9.17, 15) is 13.2 Å². The predicted molar refractivity (Wildman–Crippen MR) is 106 cm³/mol. The number of nitrogens with one attached hydrogen (secondary N) is 1. The monoisotopic (exact) mass is 382 g/mol. The minimum atomic E-state index is -3.85. The topological polar surface area (TPSA) is 66.5 Å². The van der Waals surface area contributed by atoms with Crippen molar-refractivity contribution < 1.29 is 13.2 Å². The minimum Gasteiger partial charge on any atom is -0.370 e. The van der Waals surface area contributed by atoms with Crippen LogP contribution in [0.25, 0.3) is 5.70 Å². The second-order valence-corrected chi connectivity index (χ2v) is 9.02. The maximum absolute atomic E-state index is 13.2. The van der Waals surface area contributed by atoms with Gasteiger partial charge < -0.3 is 10.2 Å². The van der Waals surface area contributed by atoms with Crippen molar-refractivity contribution in [3.05, 3.63) is 65.1 Å². The zero-order chi connectivity index (χ0) is 19.0. The number of carbonyl (C=O) groups excluding carboxylic acids is 1. The third-order valence-corrected chi connectivity index (χ3v) is 7.10. The molecule has 1 N–H and O–H groups in total. The molecule has 0 spiro atoms.